The summed E-state index contributed by atoms with van der Waals surface area (Å²) in [6.45, 7) is 0. The van der Waals surface area contributed by atoms with Crippen LogP contribution in [0, 0.1) is 0 Å². The summed E-state index contributed by atoms with van der Waals surface area (Å²) < 4.78 is 0. The van der Waals surface area contributed by atoms with Gasteiger partial charge in [0.2, 0.25) is 0 Å². The van der Waals surface area contributed by atoms with E-state index in [1.807, 2.05) is 54.7 Å². The smallest absolute Gasteiger partial charge is 0.0716 e. The van der Waals surface area contributed by atoms with E-state index in [2.05, 4.69) is 41.4 Å². The van der Waals surface area contributed by atoms with Crippen molar-refractivity contribution < 1.29 is 0 Å². The molecule has 0 bridgehead atoms. The normalized spacial score (nSPS) is 27.2. The molecule has 0 N–H and O–H groups in total. The van der Waals surface area contributed by atoms with Crippen molar-refractivity contribution in [3.63, 3.8) is 0 Å². The minimum absolute atomic E-state index is 1.01. The van der Waals surface area contributed by atoms with Crippen molar-refractivity contribution in [1.82, 2.24) is 0 Å². The lowest BCUT2D eigenvalue weighted by molar-refractivity contribution is 1.32. The predicted octanol–water partition coefficient (Wildman–Crippen LogP) is 3.15. The Morgan fingerprint density at radius 1 is 0.650 bits per heavy atom. The number of nitrogens with zero attached hydrogens (tertiary/aromatic N) is 1. The highest BCUT2D eigenvalue weighted by Crippen LogP contribution is 2.15. The molecule has 3 rings (SSSR count). The molecular weight excluding hydrogens is 242 g/mol. The Balaban J connectivity index is 2.16. The van der Waals surface area contributed by atoms with Crippen molar-refractivity contribution in [2.45, 2.75) is 0 Å². The van der Waals surface area contributed by atoms with Crippen LogP contribution in [-0.4, -0.2) is 0 Å². The Labute approximate surface area is 118 Å². The fraction of sp³-hybridized carbons (Fsp3) is 0. The Morgan fingerprint density at radius 3 is 2.10 bits per heavy atom. The second kappa shape index (κ2) is 5.98. The van der Waals surface area contributed by atoms with Crippen molar-refractivity contribution in [3.8, 4) is 0 Å². The van der Waals surface area contributed by atoms with E-state index in [9.17, 15) is 0 Å². The van der Waals surface area contributed by atoms with E-state index in [-0.39, 0.29) is 0 Å². The zero-order chi connectivity index (χ0) is 13.6. The van der Waals surface area contributed by atoms with E-state index in [0.29, 0.717) is 0 Å². The summed E-state index contributed by atoms with van der Waals surface area (Å²) in [7, 11) is 0. The van der Waals surface area contributed by atoms with Crippen LogP contribution in [-0.2, 0) is 0 Å². The zero-order valence-corrected chi connectivity index (χ0v) is 11.1. The average molecular weight is 257 g/mol. The van der Waals surface area contributed by atoms with Crippen LogP contribution in [0.3, 0.4) is 0 Å². The maximum Gasteiger partial charge on any atom is 0.0716 e. The van der Waals surface area contributed by atoms with Crippen LogP contribution < -0.4 is 10.6 Å². The molecule has 1 heteroatoms. The number of hydrogen-bond acceptors (Lipinski definition) is 1. The van der Waals surface area contributed by atoms with Gasteiger partial charge in [0.25, 0.3) is 0 Å². The largest absolute Gasteiger partial charge is 0.248 e. The molecular formula is C19H15N. The van der Waals surface area contributed by atoms with E-state index in [1.54, 1.807) is 0 Å². The van der Waals surface area contributed by atoms with Crippen LogP contribution in [0.5, 0.6) is 0 Å². The van der Waals surface area contributed by atoms with Gasteiger partial charge in [0.15, 0.2) is 0 Å². The molecule has 0 aromatic heterocycles. The first-order chi connectivity index (χ1) is 9.95. The standard InChI is InChI=1S/C19H15N/c1-2-4-6-8-12-16-17-13-10-11-15-19(17)20-18(16)14-9-7-5-3-1/h1-15H/b2-1-,3-1?,4-2?,5-3-,6-4-,7-5?,8-6?,9-7-,12-8-,14-9?,16-12?,18-14+. The lowest BCUT2D eigenvalue weighted by atomic mass is 10.1. The van der Waals surface area contributed by atoms with Crippen LogP contribution >= 0.6 is 0 Å². The first-order valence-electron chi connectivity index (χ1n) is 6.69. The second-order valence-corrected chi connectivity index (χ2v) is 4.49. The Bertz CT molecular complexity index is 796. The molecule has 1 aromatic rings. The first kappa shape index (κ1) is 12.4. The highest BCUT2D eigenvalue weighted by atomic mass is 14.8. The van der Waals surface area contributed by atoms with Crippen LogP contribution in [0.1, 0.15) is 0 Å². The van der Waals surface area contributed by atoms with Gasteiger partial charge in [0.05, 0.1) is 11.1 Å². The van der Waals surface area contributed by atoms with Crippen molar-refractivity contribution in [2.24, 2.45) is 4.99 Å². The van der Waals surface area contributed by atoms with E-state index in [0.717, 1.165) is 11.1 Å². The van der Waals surface area contributed by atoms with Gasteiger partial charge in [-0.3, -0.25) is 0 Å². The predicted molar refractivity (Wildman–Crippen MR) is 84.4 cm³/mol. The number of hydrogen-bond donors (Lipinski definition) is 0. The summed E-state index contributed by atoms with van der Waals surface area (Å²) >= 11 is 0. The SMILES string of the molecule is C1=C\C=C/C=C\C2=c3ccccc3=N/C2=C/C=C\C=C/1. The topological polar surface area (TPSA) is 12.4 Å². The molecule has 0 spiro atoms. The molecule has 0 saturated carbocycles. The van der Waals surface area contributed by atoms with Crippen molar-refractivity contribution in [3.05, 3.63) is 107 Å². The van der Waals surface area contributed by atoms with Gasteiger partial charge in [-0.2, -0.15) is 0 Å². The number of rotatable bonds is 0. The molecule has 0 unspecified atom stereocenters. The van der Waals surface area contributed by atoms with Crippen molar-refractivity contribution >= 4 is 5.57 Å². The number of para-hydroxylation sites is 1. The average Bonchev–Trinajstić information content (AvgIpc) is 2.82. The van der Waals surface area contributed by atoms with Gasteiger partial charge >= 0.3 is 0 Å². The van der Waals surface area contributed by atoms with Gasteiger partial charge in [0, 0.05) is 10.8 Å². The molecule has 1 heterocycles. The molecule has 0 fully saturated rings. The van der Waals surface area contributed by atoms with Crippen LogP contribution in [0.4, 0.5) is 0 Å². The molecule has 1 nitrogen and oxygen atoms in total. The van der Waals surface area contributed by atoms with Crippen LogP contribution in [0.15, 0.2) is 102 Å². The summed E-state index contributed by atoms with van der Waals surface area (Å²) in [6, 6.07) is 8.24. The fourth-order valence-corrected chi connectivity index (χ4v) is 2.18. The Kier molecular flexibility index (Phi) is 3.70. The molecule has 0 amide bonds. The van der Waals surface area contributed by atoms with Gasteiger partial charge in [-0.1, -0.05) is 79.0 Å². The van der Waals surface area contributed by atoms with Gasteiger partial charge < -0.3 is 0 Å². The third kappa shape index (κ3) is 2.67. The molecule has 0 radical (unpaired) electrons. The highest BCUT2D eigenvalue weighted by Gasteiger charge is 2.08. The van der Waals surface area contributed by atoms with Crippen molar-refractivity contribution in [1.29, 1.82) is 0 Å². The summed E-state index contributed by atoms with van der Waals surface area (Å²) in [5.41, 5.74) is 2.18. The quantitative estimate of drug-likeness (QED) is 0.677. The van der Waals surface area contributed by atoms with Crippen LogP contribution in [0.2, 0.25) is 0 Å². The number of fused-ring (bicyclic) bond motifs is 2. The minimum atomic E-state index is 1.01. The van der Waals surface area contributed by atoms with Gasteiger partial charge in [-0.25, -0.2) is 4.99 Å². The first-order valence-corrected chi connectivity index (χ1v) is 6.69. The summed E-state index contributed by atoms with van der Waals surface area (Å²) in [5, 5.41) is 2.23. The maximum absolute atomic E-state index is 4.68. The fourth-order valence-electron chi connectivity index (χ4n) is 2.18. The molecule has 20 heavy (non-hydrogen) atoms. The minimum Gasteiger partial charge on any atom is -0.248 e. The number of benzene rings is 1. The van der Waals surface area contributed by atoms with E-state index in [1.165, 1.54) is 10.8 Å². The molecule has 0 saturated heterocycles. The van der Waals surface area contributed by atoms with Gasteiger partial charge in [-0.05, 0) is 12.1 Å². The molecule has 2 aliphatic rings. The van der Waals surface area contributed by atoms with Gasteiger partial charge in [0.1, 0.15) is 0 Å². The van der Waals surface area contributed by atoms with Crippen LogP contribution in [0.25, 0.3) is 5.57 Å². The molecule has 0 atom stereocenters. The van der Waals surface area contributed by atoms with Gasteiger partial charge in [-0.15, -0.1) is 0 Å². The summed E-state index contributed by atoms with van der Waals surface area (Å²) in [6.07, 6.45) is 22.3. The lowest BCUT2D eigenvalue weighted by Gasteiger charge is -1.95. The molecule has 1 aliphatic carbocycles. The maximum atomic E-state index is 4.68. The van der Waals surface area contributed by atoms with E-state index in [4.69, 9.17) is 0 Å². The summed E-state index contributed by atoms with van der Waals surface area (Å²) in [5.74, 6) is 0. The Morgan fingerprint density at radius 2 is 1.30 bits per heavy atom. The van der Waals surface area contributed by atoms with Crippen molar-refractivity contribution in [2.75, 3.05) is 0 Å². The Hall–Kier alpha value is -2.67. The highest BCUT2D eigenvalue weighted by molar-refractivity contribution is 5.74. The molecule has 96 valence electrons. The van der Waals surface area contributed by atoms with E-state index < -0.39 is 0 Å². The second-order valence-electron chi connectivity index (χ2n) is 4.49. The van der Waals surface area contributed by atoms with E-state index >= 15 is 0 Å². The lowest BCUT2D eigenvalue weighted by Crippen LogP contribution is -2.21. The molecule has 1 aromatic carbocycles. The monoisotopic (exact) mass is 257 g/mol. The summed E-state index contributed by atoms with van der Waals surface area (Å²) in [4.78, 5) is 4.68. The molecule has 1 aliphatic heterocycles. The third-order valence-electron chi connectivity index (χ3n) is 3.12. The number of allylic oxidation sites excluding steroid dienone is 11. The zero-order valence-electron chi connectivity index (χ0n) is 11.1. The third-order valence-corrected chi connectivity index (χ3v) is 3.12.